The second-order valence-corrected chi connectivity index (χ2v) is 14.9. The molecule has 2 aromatic carbocycles. The molecule has 3 heteroatoms. The Morgan fingerprint density at radius 2 is 1.60 bits per heavy atom. The van der Waals surface area contributed by atoms with Crippen molar-refractivity contribution < 1.29 is 0 Å². The van der Waals surface area contributed by atoms with Crippen molar-refractivity contribution in [2.24, 2.45) is 4.99 Å². The van der Waals surface area contributed by atoms with Crippen molar-refractivity contribution in [2.75, 3.05) is 0 Å². The van der Waals surface area contributed by atoms with Gasteiger partial charge in [0, 0.05) is 16.7 Å². The van der Waals surface area contributed by atoms with E-state index in [1.165, 1.54) is 16.0 Å². The van der Waals surface area contributed by atoms with Gasteiger partial charge >= 0.3 is 0 Å². The highest BCUT2D eigenvalue weighted by atomic mass is 32.4. The molecular weight excluding hydrogens is 278 g/mol. The molecule has 0 aliphatic rings. The van der Waals surface area contributed by atoms with Crippen molar-refractivity contribution in [3.05, 3.63) is 65.7 Å². The Hall–Kier alpha value is -1.32. The number of nitrogens with zero attached hydrogens (tertiary/aromatic N) is 1. The Morgan fingerprint density at radius 1 is 0.950 bits per heavy atom. The molecule has 104 valence electrons. The number of hydrogen-bond donors (Lipinski definition) is 0. The van der Waals surface area contributed by atoms with Gasteiger partial charge in [-0.1, -0.05) is 68.2 Å². The third-order valence-corrected chi connectivity index (χ3v) is 6.38. The predicted molar refractivity (Wildman–Crippen MR) is 93.4 cm³/mol. The molecule has 0 N–H and O–H groups in total. The van der Waals surface area contributed by atoms with E-state index in [0.29, 0.717) is 0 Å². The van der Waals surface area contributed by atoms with Crippen LogP contribution in [0.2, 0.25) is 19.6 Å². The van der Waals surface area contributed by atoms with Crippen LogP contribution in [0.1, 0.15) is 11.1 Å². The fourth-order valence-electron chi connectivity index (χ4n) is 1.84. The van der Waals surface area contributed by atoms with Crippen molar-refractivity contribution in [1.82, 2.24) is 0 Å². The monoisotopic (exact) mass is 299 g/mol. The van der Waals surface area contributed by atoms with Crippen LogP contribution in [-0.4, -0.2) is 13.4 Å². The number of aliphatic imine (C=N–C) groups is 1. The van der Waals surface area contributed by atoms with Crippen LogP contribution < -0.4 is 0 Å². The molecule has 0 radical (unpaired) electrons. The number of hydrogen-bond acceptors (Lipinski definition) is 2. The first-order valence-electron chi connectivity index (χ1n) is 6.86. The lowest BCUT2D eigenvalue weighted by atomic mass is 10.2. The van der Waals surface area contributed by atoms with Gasteiger partial charge in [-0.3, -0.25) is 4.99 Å². The van der Waals surface area contributed by atoms with Crippen molar-refractivity contribution in [2.45, 2.75) is 31.1 Å². The van der Waals surface area contributed by atoms with Crippen LogP contribution in [0.3, 0.4) is 0 Å². The summed E-state index contributed by atoms with van der Waals surface area (Å²) in [4.78, 5) is 5.93. The average Bonchev–Trinajstić information content (AvgIpc) is 2.40. The highest BCUT2D eigenvalue weighted by Crippen LogP contribution is 2.30. The van der Waals surface area contributed by atoms with E-state index >= 15 is 0 Å². The Kier molecular flexibility index (Phi) is 5.21. The molecule has 1 nitrogen and oxygen atoms in total. The van der Waals surface area contributed by atoms with E-state index in [1.54, 1.807) is 0 Å². The molecule has 2 aromatic rings. The first-order chi connectivity index (χ1) is 9.54. The molecule has 0 aliphatic heterocycles. The summed E-state index contributed by atoms with van der Waals surface area (Å²) < 4.78 is 0. The van der Waals surface area contributed by atoms with Gasteiger partial charge in [0.15, 0.2) is 0 Å². The standard InChI is InChI=1S/C17H21NSSi/c1-20(2,3)19-17-12-8-7-11-16(17)14-18-13-15-9-5-4-6-10-15/h4-12,14H,13H2,1-3H3. The minimum Gasteiger partial charge on any atom is -0.288 e. The summed E-state index contributed by atoms with van der Waals surface area (Å²) in [5.41, 5.74) is 2.48. The molecule has 0 aromatic heterocycles. The van der Waals surface area contributed by atoms with E-state index in [9.17, 15) is 0 Å². The van der Waals surface area contributed by atoms with Gasteiger partial charge in [0.05, 0.1) is 6.54 Å². The lowest BCUT2D eigenvalue weighted by molar-refractivity contribution is 1.08. The lowest BCUT2D eigenvalue weighted by Gasteiger charge is -2.16. The minimum absolute atomic E-state index is 0.743. The lowest BCUT2D eigenvalue weighted by Crippen LogP contribution is -2.13. The van der Waals surface area contributed by atoms with E-state index < -0.39 is 7.22 Å². The van der Waals surface area contributed by atoms with Crippen LogP contribution in [0, 0.1) is 0 Å². The highest BCUT2D eigenvalue weighted by molar-refractivity contribution is 8.28. The molecule has 0 amide bonds. The Labute approximate surface area is 126 Å². The zero-order chi connectivity index (χ0) is 14.4. The molecular formula is C17H21NSSi. The third kappa shape index (κ3) is 4.98. The van der Waals surface area contributed by atoms with Crippen molar-refractivity contribution in [3.63, 3.8) is 0 Å². The van der Waals surface area contributed by atoms with Gasteiger partial charge in [0.1, 0.15) is 7.22 Å². The number of benzene rings is 2. The molecule has 0 unspecified atom stereocenters. The Balaban J connectivity index is 2.09. The topological polar surface area (TPSA) is 12.4 Å². The van der Waals surface area contributed by atoms with E-state index in [4.69, 9.17) is 0 Å². The third-order valence-electron chi connectivity index (χ3n) is 2.68. The van der Waals surface area contributed by atoms with Gasteiger partial charge in [-0.15, -0.1) is 0 Å². The van der Waals surface area contributed by atoms with Crippen LogP contribution in [0.4, 0.5) is 0 Å². The van der Waals surface area contributed by atoms with Gasteiger partial charge in [-0.25, -0.2) is 0 Å². The molecule has 0 saturated carbocycles. The molecule has 0 heterocycles. The molecule has 0 spiro atoms. The second-order valence-electron chi connectivity index (χ2n) is 5.71. The van der Waals surface area contributed by atoms with Crippen LogP contribution >= 0.6 is 11.2 Å². The van der Waals surface area contributed by atoms with Gasteiger partial charge in [-0.05, 0) is 11.6 Å². The highest BCUT2D eigenvalue weighted by Gasteiger charge is 2.16. The smallest absolute Gasteiger partial charge is 0.114 e. The molecule has 0 atom stereocenters. The molecule has 0 fully saturated rings. The first kappa shape index (κ1) is 15.1. The summed E-state index contributed by atoms with van der Waals surface area (Å²) >= 11 is 2.02. The Bertz CT molecular complexity index is 573. The summed E-state index contributed by atoms with van der Waals surface area (Å²) in [6.07, 6.45) is 2.01. The average molecular weight is 300 g/mol. The largest absolute Gasteiger partial charge is 0.288 e. The summed E-state index contributed by atoms with van der Waals surface area (Å²) in [6, 6.07) is 18.9. The summed E-state index contributed by atoms with van der Waals surface area (Å²) in [5, 5.41) is 0. The summed E-state index contributed by atoms with van der Waals surface area (Å²) in [5.74, 6) is 0. The van der Waals surface area contributed by atoms with Gasteiger partial charge in [-0.2, -0.15) is 11.2 Å². The van der Waals surface area contributed by atoms with Crippen molar-refractivity contribution >= 4 is 24.6 Å². The molecule has 0 aliphatic carbocycles. The zero-order valence-corrected chi connectivity index (χ0v) is 14.2. The van der Waals surface area contributed by atoms with Crippen LogP contribution in [-0.2, 0) is 6.54 Å². The predicted octanol–water partition coefficient (Wildman–Crippen LogP) is 5.23. The quantitative estimate of drug-likeness (QED) is 0.544. The van der Waals surface area contributed by atoms with E-state index in [0.717, 1.165) is 6.54 Å². The van der Waals surface area contributed by atoms with Crippen LogP contribution in [0.25, 0.3) is 0 Å². The van der Waals surface area contributed by atoms with Crippen LogP contribution in [0.5, 0.6) is 0 Å². The summed E-state index contributed by atoms with van der Waals surface area (Å²) in [6.45, 7) is 7.85. The van der Waals surface area contributed by atoms with E-state index in [2.05, 4.69) is 73.2 Å². The van der Waals surface area contributed by atoms with E-state index in [-0.39, 0.29) is 0 Å². The minimum atomic E-state index is -1.18. The maximum absolute atomic E-state index is 4.58. The van der Waals surface area contributed by atoms with Crippen LogP contribution in [0.15, 0.2) is 64.5 Å². The van der Waals surface area contributed by atoms with E-state index in [1.807, 2.05) is 23.5 Å². The molecule has 0 bridgehead atoms. The molecule has 2 rings (SSSR count). The van der Waals surface area contributed by atoms with Crippen molar-refractivity contribution in [3.8, 4) is 0 Å². The molecule has 20 heavy (non-hydrogen) atoms. The maximum Gasteiger partial charge on any atom is 0.114 e. The van der Waals surface area contributed by atoms with Gasteiger partial charge in [0.25, 0.3) is 0 Å². The van der Waals surface area contributed by atoms with Crippen molar-refractivity contribution in [1.29, 1.82) is 0 Å². The zero-order valence-electron chi connectivity index (χ0n) is 12.3. The first-order valence-corrected chi connectivity index (χ1v) is 11.9. The normalized spacial score (nSPS) is 11.9. The number of rotatable bonds is 5. The van der Waals surface area contributed by atoms with Gasteiger partial charge < -0.3 is 0 Å². The fraction of sp³-hybridized carbons (Fsp3) is 0.235. The Morgan fingerprint density at radius 3 is 2.30 bits per heavy atom. The SMILES string of the molecule is C[Si](C)(C)Sc1ccccc1C=NCc1ccccc1. The van der Waals surface area contributed by atoms with Gasteiger partial charge in [0.2, 0.25) is 0 Å². The molecule has 0 saturated heterocycles. The summed E-state index contributed by atoms with van der Waals surface area (Å²) in [7, 11) is -1.18. The second kappa shape index (κ2) is 6.91. The fourth-order valence-corrected chi connectivity index (χ4v) is 5.42. The maximum atomic E-state index is 4.58.